The maximum Gasteiger partial charge on any atom is 0.117 e. The van der Waals surface area contributed by atoms with Gasteiger partial charge in [-0.1, -0.05) is 0 Å². The summed E-state index contributed by atoms with van der Waals surface area (Å²) in [5, 5.41) is 0. The molecule has 0 aromatic rings. The van der Waals surface area contributed by atoms with Gasteiger partial charge in [0, 0.05) is 0 Å². The van der Waals surface area contributed by atoms with Gasteiger partial charge in [0.05, 0.1) is 0 Å². The summed E-state index contributed by atoms with van der Waals surface area (Å²) >= 11 is 0. The summed E-state index contributed by atoms with van der Waals surface area (Å²) in [6.07, 6.45) is 0. The molecular weight excluding hydrogens is 90.1 g/mol. The summed E-state index contributed by atoms with van der Waals surface area (Å²) in [6, 6.07) is 0. The summed E-state index contributed by atoms with van der Waals surface area (Å²) in [4.78, 5) is 1.74. The van der Waals surface area contributed by atoms with E-state index in [4.69, 9.17) is 11.5 Å². The van der Waals surface area contributed by atoms with E-state index in [2.05, 4.69) is 0 Å². The highest BCUT2D eigenvalue weighted by atomic mass is 15.3. The summed E-state index contributed by atoms with van der Waals surface area (Å²) in [6.45, 7) is 1.74. The fourth-order valence-corrected chi connectivity index (χ4v) is 0. The maximum atomic E-state index is 5.38. The van der Waals surface area contributed by atoms with Crippen molar-refractivity contribution in [3.8, 4) is 0 Å². The summed E-state index contributed by atoms with van der Waals surface area (Å²) in [5.74, 6) is -0.667. The highest BCUT2D eigenvalue weighted by Crippen LogP contribution is 1.88. The van der Waals surface area contributed by atoms with Gasteiger partial charge in [0.1, 0.15) is 5.79 Å². The predicted molar refractivity (Wildman–Crippen MR) is 30.5 cm³/mol. The molecule has 0 unspecified atom stereocenters. The predicted octanol–water partition coefficient (Wildman–Crippen LogP) is -0.861. The van der Waals surface area contributed by atoms with E-state index in [9.17, 15) is 0 Å². The van der Waals surface area contributed by atoms with E-state index in [-0.39, 0.29) is 0 Å². The minimum atomic E-state index is -0.667. The molecule has 7 heavy (non-hydrogen) atoms. The van der Waals surface area contributed by atoms with Gasteiger partial charge in [0.2, 0.25) is 0 Å². The average Bonchev–Trinajstić information content (AvgIpc) is 1.31. The third kappa shape index (κ3) is 2.56. The lowest BCUT2D eigenvalue weighted by molar-refractivity contribution is 0.189. The number of rotatable bonds is 1. The largest absolute Gasteiger partial charge is 0.301 e. The third-order valence-electron chi connectivity index (χ3n) is 0.964. The molecule has 0 aromatic carbocycles. The van der Waals surface area contributed by atoms with Crippen LogP contribution >= 0.6 is 0 Å². The molecule has 0 fully saturated rings. The standard InChI is InChI=1S/C4H13N3/c1-4(5,6)7(2)3/h5-6H2,1-3H3. The van der Waals surface area contributed by atoms with Gasteiger partial charge in [0.25, 0.3) is 0 Å². The molecule has 0 spiro atoms. The Balaban J connectivity index is 3.54. The van der Waals surface area contributed by atoms with Crippen molar-refractivity contribution in [1.29, 1.82) is 0 Å². The Morgan fingerprint density at radius 1 is 1.29 bits per heavy atom. The Kier molecular flexibility index (Phi) is 1.75. The Morgan fingerprint density at radius 2 is 1.43 bits per heavy atom. The smallest absolute Gasteiger partial charge is 0.117 e. The van der Waals surface area contributed by atoms with Gasteiger partial charge in [-0.05, 0) is 21.0 Å². The Hall–Kier alpha value is -0.120. The summed E-state index contributed by atoms with van der Waals surface area (Å²) < 4.78 is 0. The van der Waals surface area contributed by atoms with Crippen molar-refractivity contribution in [3.05, 3.63) is 0 Å². The Bertz CT molecular complexity index is 52.4. The minimum Gasteiger partial charge on any atom is -0.301 e. The molecule has 0 amide bonds. The van der Waals surface area contributed by atoms with Crippen LogP contribution in [0.25, 0.3) is 0 Å². The van der Waals surface area contributed by atoms with Gasteiger partial charge in [-0.15, -0.1) is 0 Å². The van der Waals surface area contributed by atoms with Crippen LogP contribution in [0.2, 0.25) is 0 Å². The molecule has 0 atom stereocenters. The first kappa shape index (κ1) is 6.88. The normalized spacial score (nSPS) is 12.9. The molecule has 0 aliphatic carbocycles. The van der Waals surface area contributed by atoms with Crippen LogP contribution in [0.4, 0.5) is 0 Å². The van der Waals surface area contributed by atoms with Crippen LogP contribution in [-0.4, -0.2) is 24.8 Å². The molecule has 0 radical (unpaired) electrons. The van der Waals surface area contributed by atoms with Crippen LogP contribution in [-0.2, 0) is 0 Å². The van der Waals surface area contributed by atoms with E-state index < -0.39 is 5.79 Å². The molecule has 0 saturated carbocycles. The van der Waals surface area contributed by atoms with Crippen molar-refractivity contribution in [2.24, 2.45) is 11.5 Å². The van der Waals surface area contributed by atoms with Crippen molar-refractivity contribution < 1.29 is 0 Å². The van der Waals surface area contributed by atoms with Gasteiger partial charge < -0.3 is 11.5 Å². The molecule has 3 heteroatoms. The van der Waals surface area contributed by atoms with Crippen LogP contribution in [0.5, 0.6) is 0 Å². The fourth-order valence-electron chi connectivity index (χ4n) is 0. The van der Waals surface area contributed by atoms with Crippen LogP contribution in [0, 0.1) is 0 Å². The topological polar surface area (TPSA) is 55.3 Å². The number of hydrogen-bond acceptors (Lipinski definition) is 3. The lowest BCUT2D eigenvalue weighted by atomic mass is 10.4. The molecule has 3 nitrogen and oxygen atoms in total. The molecule has 0 saturated heterocycles. The van der Waals surface area contributed by atoms with Crippen LogP contribution in [0.1, 0.15) is 6.92 Å². The highest BCUT2D eigenvalue weighted by molar-refractivity contribution is 4.63. The number of nitrogens with zero attached hydrogens (tertiary/aromatic N) is 1. The summed E-state index contributed by atoms with van der Waals surface area (Å²) in [7, 11) is 3.67. The van der Waals surface area contributed by atoms with Crippen molar-refractivity contribution in [1.82, 2.24) is 4.90 Å². The maximum absolute atomic E-state index is 5.38. The highest BCUT2D eigenvalue weighted by Gasteiger charge is 2.11. The van der Waals surface area contributed by atoms with Gasteiger partial charge in [-0.25, -0.2) is 0 Å². The van der Waals surface area contributed by atoms with Crippen molar-refractivity contribution in [2.45, 2.75) is 12.7 Å². The molecule has 44 valence electrons. The second kappa shape index (κ2) is 1.78. The van der Waals surface area contributed by atoms with Crippen molar-refractivity contribution in [2.75, 3.05) is 14.1 Å². The van der Waals surface area contributed by atoms with Crippen LogP contribution < -0.4 is 11.5 Å². The van der Waals surface area contributed by atoms with Gasteiger partial charge in [0.15, 0.2) is 0 Å². The molecule has 0 rings (SSSR count). The molecule has 0 aliphatic heterocycles. The zero-order chi connectivity index (χ0) is 6.08. The van der Waals surface area contributed by atoms with Crippen molar-refractivity contribution >= 4 is 0 Å². The molecule has 4 N–H and O–H groups in total. The van der Waals surface area contributed by atoms with Crippen molar-refractivity contribution in [3.63, 3.8) is 0 Å². The second-order valence-corrected chi connectivity index (χ2v) is 2.12. The van der Waals surface area contributed by atoms with Gasteiger partial charge >= 0.3 is 0 Å². The fraction of sp³-hybridized carbons (Fsp3) is 1.00. The van der Waals surface area contributed by atoms with E-state index in [0.29, 0.717) is 0 Å². The number of hydrogen-bond donors (Lipinski definition) is 2. The van der Waals surface area contributed by atoms with Gasteiger partial charge in [-0.3, -0.25) is 4.90 Å². The zero-order valence-corrected chi connectivity index (χ0v) is 5.10. The zero-order valence-electron chi connectivity index (χ0n) is 5.10. The van der Waals surface area contributed by atoms with E-state index in [1.165, 1.54) is 0 Å². The molecule has 0 heterocycles. The van der Waals surface area contributed by atoms with Crippen LogP contribution in [0.3, 0.4) is 0 Å². The first-order valence-electron chi connectivity index (χ1n) is 2.20. The Morgan fingerprint density at radius 3 is 1.43 bits per heavy atom. The lowest BCUT2D eigenvalue weighted by Crippen LogP contribution is -2.57. The first-order chi connectivity index (χ1) is 2.94. The first-order valence-corrected chi connectivity index (χ1v) is 2.20. The number of nitrogens with two attached hydrogens (primary N) is 2. The average molecular weight is 103 g/mol. The van der Waals surface area contributed by atoms with E-state index in [1.807, 2.05) is 14.1 Å². The van der Waals surface area contributed by atoms with E-state index in [0.717, 1.165) is 0 Å². The molecule has 0 aromatic heterocycles. The third-order valence-corrected chi connectivity index (χ3v) is 0.964. The second-order valence-electron chi connectivity index (χ2n) is 2.12. The van der Waals surface area contributed by atoms with Crippen LogP contribution in [0.15, 0.2) is 0 Å². The molecular formula is C4H13N3. The minimum absolute atomic E-state index is 0.667. The van der Waals surface area contributed by atoms with E-state index in [1.54, 1.807) is 11.8 Å². The molecule has 0 aliphatic rings. The molecule has 0 bridgehead atoms. The lowest BCUT2D eigenvalue weighted by Gasteiger charge is -2.26. The van der Waals surface area contributed by atoms with Gasteiger partial charge in [-0.2, -0.15) is 0 Å². The van der Waals surface area contributed by atoms with E-state index >= 15 is 0 Å². The summed E-state index contributed by atoms with van der Waals surface area (Å²) in [5.41, 5.74) is 10.8. The Labute approximate surface area is 44.3 Å². The quantitative estimate of drug-likeness (QED) is 0.424. The monoisotopic (exact) mass is 103 g/mol. The SMILES string of the molecule is CN(C)C(C)(N)N.